The maximum Gasteiger partial charge on any atom is 0.417 e. The summed E-state index contributed by atoms with van der Waals surface area (Å²) in [7, 11) is 0. The molecule has 1 N–H and O–H groups in total. The first-order valence-electron chi connectivity index (χ1n) is 11.6. The highest BCUT2D eigenvalue weighted by Crippen LogP contribution is 2.37. The van der Waals surface area contributed by atoms with E-state index in [1.807, 2.05) is 0 Å². The first-order chi connectivity index (χ1) is 14.5. The second kappa shape index (κ2) is 16.5. The Balaban J connectivity index is 3.81. The fraction of sp³-hybridized carbons (Fsp3) is 0.955. The molecule has 0 aromatic rings. The lowest BCUT2D eigenvalue weighted by molar-refractivity contribution is -0.281. The number of hydrogen-bond acceptors (Lipinski definition) is 1. The normalized spacial score (nSPS) is 12.5. The van der Waals surface area contributed by atoms with Gasteiger partial charge in [-0.1, -0.05) is 103 Å². The predicted molar refractivity (Wildman–Crippen MR) is 110 cm³/mol. The highest BCUT2D eigenvalue weighted by Gasteiger charge is 2.61. The molecule has 0 aromatic heterocycles. The summed E-state index contributed by atoms with van der Waals surface area (Å²) in [6.45, 7) is 1.43. The number of rotatable bonds is 18. The van der Waals surface area contributed by atoms with Crippen LogP contribution in [0.15, 0.2) is 0 Å². The zero-order valence-electron chi connectivity index (χ0n) is 18.7. The van der Waals surface area contributed by atoms with Crippen LogP contribution in [0.3, 0.4) is 0 Å². The first-order valence-corrected chi connectivity index (χ1v) is 11.6. The van der Waals surface area contributed by atoms with Crippen molar-refractivity contribution in [1.29, 1.82) is 0 Å². The highest BCUT2D eigenvalue weighted by atomic mass is 19.4. The van der Waals surface area contributed by atoms with Gasteiger partial charge >= 0.3 is 18.4 Å². The third-order valence-corrected chi connectivity index (χ3v) is 5.43. The highest BCUT2D eigenvalue weighted by molar-refractivity contribution is 5.65. The molecular formula is C22H39F6NO2. The smallest absolute Gasteiger partial charge is 0.417 e. The van der Waals surface area contributed by atoms with Crippen molar-refractivity contribution >= 4 is 6.09 Å². The molecule has 0 heterocycles. The van der Waals surface area contributed by atoms with Crippen molar-refractivity contribution < 1.29 is 36.2 Å². The fourth-order valence-electron chi connectivity index (χ4n) is 3.70. The van der Waals surface area contributed by atoms with Crippen LogP contribution >= 0.6 is 0 Å². The van der Waals surface area contributed by atoms with E-state index >= 15 is 0 Å². The van der Waals surface area contributed by atoms with E-state index in [0.29, 0.717) is 12.8 Å². The molecule has 0 aromatic carbocycles. The Labute approximate surface area is 182 Å². The maximum atomic E-state index is 12.7. The largest absolute Gasteiger partial charge is 0.465 e. The summed E-state index contributed by atoms with van der Waals surface area (Å²) >= 11 is 0. The van der Waals surface area contributed by atoms with Crippen LogP contribution in [0.25, 0.3) is 0 Å². The van der Waals surface area contributed by atoms with Gasteiger partial charge in [0, 0.05) is 6.54 Å². The Bertz CT molecular complexity index is 440. The number of amides is 1. The van der Waals surface area contributed by atoms with Crippen molar-refractivity contribution in [3.05, 3.63) is 0 Å². The molecule has 0 saturated heterocycles. The second-order valence-electron chi connectivity index (χ2n) is 8.27. The molecule has 0 aliphatic rings. The minimum atomic E-state index is -5.69. The van der Waals surface area contributed by atoms with E-state index < -0.39 is 35.9 Å². The van der Waals surface area contributed by atoms with Crippen molar-refractivity contribution in [2.24, 2.45) is 0 Å². The van der Waals surface area contributed by atoms with Crippen LogP contribution in [0.1, 0.15) is 110 Å². The van der Waals surface area contributed by atoms with Crippen molar-refractivity contribution in [3.8, 4) is 0 Å². The van der Waals surface area contributed by atoms with Gasteiger partial charge in [0.25, 0.3) is 0 Å². The van der Waals surface area contributed by atoms with Gasteiger partial charge in [-0.15, -0.1) is 0 Å². The molecule has 9 heteroatoms. The van der Waals surface area contributed by atoms with E-state index in [0.717, 1.165) is 25.7 Å². The van der Waals surface area contributed by atoms with E-state index in [-0.39, 0.29) is 6.42 Å². The van der Waals surface area contributed by atoms with Crippen molar-refractivity contribution in [2.45, 2.75) is 128 Å². The van der Waals surface area contributed by atoms with Crippen molar-refractivity contribution in [1.82, 2.24) is 4.90 Å². The van der Waals surface area contributed by atoms with Gasteiger partial charge in [0.1, 0.15) is 0 Å². The van der Waals surface area contributed by atoms with Crippen molar-refractivity contribution in [3.63, 3.8) is 0 Å². The van der Waals surface area contributed by atoms with Gasteiger partial charge in [0.15, 0.2) is 0 Å². The number of halogens is 6. The Morgan fingerprint density at radius 1 is 0.645 bits per heavy atom. The fourth-order valence-corrected chi connectivity index (χ4v) is 3.70. The first kappa shape index (κ1) is 29.9. The molecule has 0 aliphatic carbocycles. The lowest BCUT2D eigenvalue weighted by Crippen LogP contribution is -2.56. The molecule has 0 unspecified atom stereocenters. The van der Waals surface area contributed by atoms with E-state index in [4.69, 9.17) is 5.11 Å². The zero-order valence-corrected chi connectivity index (χ0v) is 18.7. The van der Waals surface area contributed by atoms with E-state index in [1.54, 1.807) is 0 Å². The number of carboxylic acid groups (broad SMARTS) is 1. The molecule has 0 atom stereocenters. The number of unbranched alkanes of at least 4 members (excludes halogenated alkanes) is 15. The SMILES string of the molecule is CCCCCCCCCCCCCCCCCCN(C(=O)O)C(C(F)(F)F)C(F)(F)F. The molecule has 0 fully saturated rings. The van der Waals surface area contributed by atoms with Gasteiger partial charge in [-0.25, -0.2) is 4.79 Å². The van der Waals surface area contributed by atoms with Gasteiger partial charge in [0.2, 0.25) is 6.04 Å². The molecule has 0 saturated carbocycles. The molecule has 0 bridgehead atoms. The number of hydrogen-bond donors (Lipinski definition) is 1. The Hall–Kier alpha value is -1.15. The molecular weight excluding hydrogens is 424 g/mol. The topological polar surface area (TPSA) is 40.5 Å². The second-order valence-corrected chi connectivity index (χ2v) is 8.27. The quantitative estimate of drug-likeness (QED) is 0.163. The minimum Gasteiger partial charge on any atom is -0.465 e. The third kappa shape index (κ3) is 15.3. The average Bonchev–Trinajstić information content (AvgIpc) is 2.64. The standard InChI is InChI=1S/C22H39F6NO2/c1-2-3-4-5-6-7-8-9-10-11-12-13-14-15-16-17-18-29(20(30)31)19(21(23,24)25)22(26,27)28/h19H,2-18H2,1H3,(H,30,31). The minimum absolute atomic E-state index is 0.0206. The molecule has 186 valence electrons. The predicted octanol–water partition coefficient (Wildman–Crippen LogP) is 8.72. The van der Waals surface area contributed by atoms with Crippen LogP contribution < -0.4 is 0 Å². The number of alkyl halides is 6. The number of nitrogens with zero attached hydrogens (tertiary/aromatic N) is 1. The number of carbonyl (C=O) groups is 1. The molecule has 0 rings (SSSR count). The summed E-state index contributed by atoms with van der Waals surface area (Å²) in [5.74, 6) is 0. The molecule has 31 heavy (non-hydrogen) atoms. The lowest BCUT2D eigenvalue weighted by Gasteiger charge is -2.32. The summed E-state index contributed by atoms with van der Waals surface area (Å²) in [5, 5.41) is 8.82. The van der Waals surface area contributed by atoms with E-state index in [1.165, 1.54) is 57.8 Å². The van der Waals surface area contributed by atoms with Crippen LogP contribution in [-0.2, 0) is 0 Å². The summed E-state index contributed by atoms with van der Waals surface area (Å²) in [6, 6.07) is -3.98. The molecule has 0 aliphatic heterocycles. The monoisotopic (exact) mass is 463 g/mol. The van der Waals surface area contributed by atoms with Crippen LogP contribution in [0.4, 0.5) is 31.1 Å². The van der Waals surface area contributed by atoms with Crippen LogP contribution in [0.5, 0.6) is 0 Å². The van der Waals surface area contributed by atoms with Gasteiger partial charge in [0.05, 0.1) is 0 Å². The Morgan fingerprint density at radius 3 is 1.19 bits per heavy atom. The third-order valence-electron chi connectivity index (χ3n) is 5.43. The van der Waals surface area contributed by atoms with Gasteiger partial charge < -0.3 is 5.11 Å². The Kier molecular flexibility index (Phi) is 15.9. The molecule has 3 nitrogen and oxygen atoms in total. The van der Waals surface area contributed by atoms with Crippen molar-refractivity contribution in [2.75, 3.05) is 6.54 Å². The summed E-state index contributed by atoms with van der Waals surface area (Å²) in [4.78, 5) is 10.4. The zero-order chi connectivity index (χ0) is 23.8. The van der Waals surface area contributed by atoms with E-state index in [2.05, 4.69) is 6.92 Å². The van der Waals surface area contributed by atoms with E-state index in [9.17, 15) is 31.1 Å². The molecule has 0 radical (unpaired) electrons. The van der Waals surface area contributed by atoms with Gasteiger partial charge in [-0.05, 0) is 6.42 Å². The molecule has 0 spiro atoms. The Morgan fingerprint density at radius 2 is 0.935 bits per heavy atom. The summed E-state index contributed by atoms with van der Waals surface area (Å²) < 4.78 is 76.3. The van der Waals surface area contributed by atoms with Crippen LogP contribution in [0.2, 0.25) is 0 Å². The maximum absolute atomic E-state index is 12.7. The summed E-state index contributed by atoms with van der Waals surface area (Å²) in [6.07, 6.45) is 3.05. The van der Waals surface area contributed by atoms with Crippen LogP contribution in [0, 0.1) is 0 Å². The average molecular weight is 464 g/mol. The van der Waals surface area contributed by atoms with Gasteiger partial charge in [-0.3, -0.25) is 4.90 Å². The molecule has 1 amide bonds. The lowest BCUT2D eigenvalue weighted by atomic mass is 10.0. The van der Waals surface area contributed by atoms with Gasteiger partial charge in [-0.2, -0.15) is 26.3 Å². The van der Waals surface area contributed by atoms with Crippen LogP contribution in [-0.4, -0.2) is 41.0 Å². The summed E-state index contributed by atoms with van der Waals surface area (Å²) in [5.41, 5.74) is 0.